The van der Waals surface area contributed by atoms with Crippen LogP contribution in [-0.2, 0) is 26.1 Å². The van der Waals surface area contributed by atoms with E-state index in [9.17, 15) is 9.59 Å². The molecule has 0 spiro atoms. The van der Waals surface area contributed by atoms with Gasteiger partial charge in [-0.2, -0.15) is 0 Å². The van der Waals surface area contributed by atoms with Crippen LogP contribution in [0.2, 0.25) is 0 Å². The smallest absolute Gasteiger partial charge is 0.372 e. The molecule has 0 aromatic rings. The number of aliphatic carboxylic acids is 1. The number of rotatable bonds is 6. The third-order valence-corrected chi connectivity index (χ3v) is 1.50. The van der Waals surface area contributed by atoms with Gasteiger partial charge in [0.1, 0.15) is 0 Å². The quantitative estimate of drug-likeness (QED) is 0.417. The first-order valence-electron chi connectivity index (χ1n) is 3.94. The van der Waals surface area contributed by atoms with Crippen LogP contribution >= 0.6 is 0 Å². The van der Waals surface area contributed by atoms with Crippen molar-refractivity contribution in [2.75, 3.05) is 0 Å². The molecule has 12 heavy (non-hydrogen) atoms. The Morgan fingerprint density at radius 2 is 1.75 bits per heavy atom. The summed E-state index contributed by atoms with van der Waals surface area (Å²) < 4.78 is 0. The minimum absolute atomic E-state index is 0. The molecule has 3 nitrogen and oxygen atoms in total. The molecule has 74 valence electrons. The van der Waals surface area contributed by atoms with Gasteiger partial charge in [-0.05, 0) is 6.42 Å². The van der Waals surface area contributed by atoms with Crippen molar-refractivity contribution in [1.29, 1.82) is 0 Å². The standard InChI is InChI=1S/C8H14O3.Ni/c1-2-3-4-5-6-7(9)8(10)11;/h2-6H2,1H3,(H,10,11);. The summed E-state index contributed by atoms with van der Waals surface area (Å²) in [5, 5.41) is 8.19. The molecule has 0 aromatic carbocycles. The second-order valence-electron chi connectivity index (χ2n) is 2.54. The fraction of sp³-hybridized carbons (Fsp3) is 0.750. The number of Topliss-reactive ketones (excluding diaryl/α,β-unsaturated/α-hetero) is 1. The number of ketones is 1. The number of carbonyl (C=O) groups excluding carboxylic acids is 1. The Kier molecular flexibility index (Phi) is 10.3. The molecule has 1 N–H and O–H groups in total. The number of hydrogen-bond acceptors (Lipinski definition) is 2. The average Bonchev–Trinajstić information content (AvgIpc) is 1.97. The van der Waals surface area contributed by atoms with Crippen LogP contribution in [0.25, 0.3) is 0 Å². The fourth-order valence-corrected chi connectivity index (χ4v) is 0.819. The van der Waals surface area contributed by atoms with Crippen LogP contribution < -0.4 is 0 Å². The van der Waals surface area contributed by atoms with E-state index in [1.165, 1.54) is 0 Å². The van der Waals surface area contributed by atoms with Crippen LogP contribution in [0.1, 0.15) is 39.0 Å². The van der Waals surface area contributed by atoms with Gasteiger partial charge in [0.15, 0.2) is 0 Å². The summed E-state index contributed by atoms with van der Waals surface area (Å²) in [6, 6.07) is 0. The van der Waals surface area contributed by atoms with Crippen molar-refractivity contribution < 1.29 is 31.2 Å². The van der Waals surface area contributed by atoms with Gasteiger partial charge >= 0.3 is 5.97 Å². The van der Waals surface area contributed by atoms with Crippen molar-refractivity contribution in [3.05, 3.63) is 0 Å². The number of carbonyl (C=O) groups is 2. The Labute approximate surface area is 82.5 Å². The van der Waals surface area contributed by atoms with E-state index in [0.29, 0.717) is 6.42 Å². The van der Waals surface area contributed by atoms with E-state index < -0.39 is 11.8 Å². The summed E-state index contributed by atoms with van der Waals surface area (Å²) in [4.78, 5) is 20.5. The number of hydrogen-bond donors (Lipinski definition) is 1. The Balaban J connectivity index is 0. The zero-order chi connectivity index (χ0) is 8.69. The van der Waals surface area contributed by atoms with Crippen molar-refractivity contribution in [2.45, 2.75) is 39.0 Å². The van der Waals surface area contributed by atoms with E-state index in [1.54, 1.807) is 0 Å². The minimum Gasteiger partial charge on any atom is -0.476 e. The van der Waals surface area contributed by atoms with Gasteiger partial charge in [-0.15, -0.1) is 0 Å². The van der Waals surface area contributed by atoms with E-state index in [2.05, 4.69) is 6.92 Å². The zero-order valence-electron chi connectivity index (χ0n) is 7.12. The Morgan fingerprint density at radius 3 is 2.17 bits per heavy atom. The summed E-state index contributed by atoms with van der Waals surface area (Å²) in [5.41, 5.74) is 0. The molecule has 0 fully saturated rings. The number of carboxylic acid groups (broad SMARTS) is 1. The van der Waals surface area contributed by atoms with Gasteiger partial charge in [0, 0.05) is 22.9 Å². The Morgan fingerprint density at radius 1 is 1.17 bits per heavy atom. The first kappa shape index (κ1) is 14.2. The molecule has 0 amide bonds. The molecule has 0 bridgehead atoms. The predicted octanol–water partition coefficient (Wildman–Crippen LogP) is 1.61. The molecule has 0 aliphatic heterocycles. The van der Waals surface area contributed by atoms with Crippen LogP contribution in [0.5, 0.6) is 0 Å². The monoisotopic (exact) mass is 216 g/mol. The molecule has 4 heteroatoms. The van der Waals surface area contributed by atoms with E-state index in [-0.39, 0.29) is 22.9 Å². The minimum atomic E-state index is -1.30. The van der Waals surface area contributed by atoms with Crippen LogP contribution in [0.3, 0.4) is 0 Å². The molecule has 0 radical (unpaired) electrons. The summed E-state index contributed by atoms with van der Waals surface area (Å²) in [5.74, 6) is -1.97. The molecule has 0 unspecified atom stereocenters. The van der Waals surface area contributed by atoms with Gasteiger partial charge in [-0.25, -0.2) is 4.79 Å². The second-order valence-corrected chi connectivity index (χ2v) is 2.54. The van der Waals surface area contributed by atoms with Crippen LogP contribution in [0.15, 0.2) is 0 Å². The van der Waals surface area contributed by atoms with E-state index in [4.69, 9.17) is 5.11 Å². The second kappa shape index (κ2) is 8.73. The largest absolute Gasteiger partial charge is 0.476 e. The van der Waals surface area contributed by atoms with Gasteiger partial charge in [0.2, 0.25) is 5.78 Å². The summed E-state index contributed by atoms with van der Waals surface area (Å²) in [6.07, 6.45) is 4.03. The first-order valence-corrected chi connectivity index (χ1v) is 3.94. The molecular weight excluding hydrogens is 203 g/mol. The molecule has 0 aliphatic carbocycles. The van der Waals surface area contributed by atoms with Crippen molar-refractivity contribution in [3.8, 4) is 0 Å². The maximum absolute atomic E-state index is 10.5. The van der Waals surface area contributed by atoms with Crippen LogP contribution in [0, 0.1) is 0 Å². The molecule has 0 rings (SSSR count). The fourth-order valence-electron chi connectivity index (χ4n) is 0.819. The van der Waals surface area contributed by atoms with Gasteiger partial charge in [0.25, 0.3) is 0 Å². The molecule has 0 heterocycles. The first-order chi connectivity index (χ1) is 5.18. The topological polar surface area (TPSA) is 54.4 Å². The maximum Gasteiger partial charge on any atom is 0.372 e. The molecular formula is C8H14NiO3. The zero-order valence-corrected chi connectivity index (χ0v) is 8.10. The third kappa shape index (κ3) is 7.74. The van der Waals surface area contributed by atoms with Crippen LogP contribution in [0.4, 0.5) is 0 Å². The Hall–Kier alpha value is -0.366. The van der Waals surface area contributed by atoms with Crippen LogP contribution in [-0.4, -0.2) is 16.9 Å². The maximum atomic E-state index is 10.5. The SMILES string of the molecule is CCCCCCC(=O)C(=O)O.[Ni]. The van der Waals surface area contributed by atoms with Gasteiger partial charge in [0.05, 0.1) is 0 Å². The molecule has 0 saturated heterocycles. The summed E-state index contributed by atoms with van der Waals surface area (Å²) >= 11 is 0. The van der Waals surface area contributed by atoms with Crippen molar-refractivity contribution in [3.63, 3.8) is 0 Å². The third-order valence-electron chi connectivity index (χ3n) is 1.50. The number of carboxylic acids is 1. The number of unbranched alkanes of at least 4 members (excludes halogenated alkanes) is 3. The molecule has 0 saturated carbocycles. The molecule has 0 atom stereocenters. The van der Waals surface area contributed by atoms with E-state index in [1.807, 2.05) is 0 Å². The van der Waals surface area contributed by atoms with Gasteiger partial charge in [-0.1, -0.05) is 26.2 Å². The predicted molar refractivity (Wildman–Crippen MR) is 41.4 cm³/mol. The average molecular weight is 217 g/mol. The van der Waals surface area contributed by atoms with Gasteiger partial charge in [-0.3, -0.25) is 4.79 Å². The Bertz CT molecular complexity index is 145. The summed E-state index contributed by atoms with van der Waals surface area (Å²) in [7, 11) is 0. The summed E-state index contributed by atoms with van der Waals surface area (Å²) in [6.45, 7) is 2.07. The van der Waals surface area contributed by atoms with Crippen molar-refractivity contribution in [2.24, 2.45) is 0 Å². The molecule has 0 aliphatic rings. The van der Waals surface area contributed by atoms with Gasteiger partial charge < -0.3 is 5.11 Å². The van der Waals surface area contributed by atoms with Crippen molar-refractivity contribution >= 4 is 11.8 Å². The van der Waals surface area contributed by atoms with Crippen molar-refractivity contribution in [1.82, 2.24) is 0 Å². The molecule has 0 aromatic heterocycles. The van der Waals surface area contributed by atoms with E-state index in [0.717, 1.165) is 19.3 Å². The van der Waals surface area contributed by atoms with E-state index >= 15 is 0 Å². The normalized spacial score (nSPS) is 8.75.